The van der Waals surface area contributed by atoms with Crippen molar-refractivity contribution in [2.75, 3.05) is 10.6 Å². The molecule has 2 heterocycles. The van der Waals surface area contributed by atoms with E-state index in [1.165, 1.54) is 11.3 Å². The quantitative estimate of drug-likeness (QED) is 0.699. The maximum Gasteiger partial charge on any atom is 0.230 e. The van der Waals surface area contributed by atoms with Crippen molar-refractivity contribution in [2.45, 2.75) is 20.3 Å². The van der Waals surface area contributed by atoms with Gasteiger partial charge in [-0.2, -0.15) is 5.10 Å². The molecule has 26 heavy (non-hydrogen) atoms. The predicted octanol–water partition coefficient (Wildman–Crippen LogP) is 3.10. The second-order valence-electron chi connectivity index (χ2n) is 6.01. The lowest BCUT2D eigenvalue weighted by atomic mass is 10.2. The molecule has 0 saturated heterocycles. The van der Waals surface area contributed by atoms with E-state index in [0.29, 0.717) is 16.5 Å². The van der Waals surface area contributed by atoms with Crippen molar-refractivity contribution in [3.05, 3.63) is 53.8 Å². The topological polar surface area (TPSA) is 88.9 Å². The second-order valence-corrected chi connectivity index (χ2v) is 6.87. The molecule has 3 aromatic rings. The molecule has 0 unspecified atom stereocenters. The van der Waals surface area contributed by atoms with Crippen LogP contribution in [0.2, 0.25) is 0 Å². The van der Waals surface area contributed by atoms with Gasteiger partial charge in [-0.1, -0.05) is 19.9 Å². The number of hydrogen-bond acceptors (Lipinski definition) is 5. The predicted molar refractivity (Wildman–Crippen MR) is 101 cm³/mol. The first-order valence-corrected chi connectivity index (χ1v) is 9.04. The lowest BCUT2D eigenvalue weighted by Crippen LogP contribution is -2.18. The monoisotopic (exact) mass is 369 g/mol. The average molecular weight is 369 g/mol. The fourth-order valence-electron chi connectivity index (χ4n) is 2.21. The summed E-state index contributed by atoms with van der Waals surface area (Å²) in [5, 5.41) is 12.0. The molecule has 0 spiro atoms. The highest BCUT2D eigenvalue weighted by molar-refractivity contribution is 7.13. The zero-order chi connectivity index (χ0) is 18.5. The van der Waals surface area contributed by atoms with Crippen LogP contribution in [-0.4, -0.2) is 26.6 Å². The molecule has 1 aromatic carbocycles. The van der Waals surface area contributed by atoms with Gasteiger partial charge in [0.2, 0.25) is 11.8 Å². The van der Waals surface area contributed by atoms with Crippen molar-refractivity contribution >= 4 is 34.0 Å². The van der Waals surface area contributed by atoms with Crippen LogP contribution in [0.15, 0.2) is 48.1 Å². The summed E-state index contributed by atoms with van der Waals surface area (Å²) in [6, 6.07) is 9.27. The molecule has 134 valence electrons. The number of benzene rings is 1. The Hall–Kier alpha value is -3.00. The Labute approximate surface area is 155 Å². The molecular weight excluding hydrogens is 350 g/mol. The Balaban J connectivity index is 1.60. The molecule has 7 nitrogen and oxygen atoms in total. The fraction of sp³-hybridized carbons (Fsp3) is 0.222. The summed E-state index contributed by atoms with van der Waals surface area (Å²) >= 11 is 1.31. The van der Waals surface area contributed by atoms with Crippen LogP contribution in [-0.2, 0) is 16.0 Å². The lowest BCUT2D eigenvalue weighted by molar-refractivity contribution is -0.119. The molecule has 0 bridgehead atoms. The van der Waals surface area contributed by atoms with E-state index in [9.17, 15) is 9.59 Å². The molecule has 0 aliphatic heterocycles. The Bertz CT molecular complexity index is 902. The standard InChI is InChI=1S/C18H19N5O2S/c1-12(2)17(25)22-18-21-14(11-26-18)10-16(24)20-13-5-3-6-15(9-13)23-8-4-7-19-23/h3-9,11-12H,10H2,1-2H3,(H,20,24)(H,21,22,25). The summed E-state index contributed by atoms with van der Waals surface area (Å²) in [4.78, 5) is 28.2. The Morgan fingerprint density at radius 2 is 2.08 bits per heavy atom. The van der Waals surface area contributed by atoms with Crippen molar-refractivity contribution in [1.29, 1.82) is 0 Å². The highest BCUT2D eigenvalue weighted by Gasteiger charge is 2.12. The van der Waals surface area contributed by atoms with Crippen LogP contribution >= 0.6 is 11.3 Å². The summed E-state index contributed by atoms with van der Waals surface area (Å²) < 4.78 is 1.72. The molecule has 0 aliphatic rings. The van der Waals surface area contributed by atoms with Crippen LogP contribution in [0.1, 0.15) is 19.5 Å². The van der Waals surface area contributed by atoms with Gasteiger partial charge in [0.25, 0.3) is 0 Å². The van der Waals surface area contributed by atoms with Crippen molar-refractivity contribution in [3.8, 4) is 5.69 Å². The van der Waals surface area contributed by atoms with Gasteiger partial charge < -0.3 is 10.6 Å². The summed E-state index contributed by atoms with van der Waals surface area (Å²) in [5.41, 5.74) is 2.17. The highest BCUT2D eigenvalue weighted by atomic mass is 32.1. The number of amides is 2. The molecule has 2 aromatic heterocycles. The van der Waals surface area contributed by atoms with Crippen LogP contribution < -0.4 is 10.6 Å². The molecule has 0 radical (unpaired) electrons. The molecule has 0 fully saturated rings. The van der Waals surface area contributed by atoms with Crippen LogP contribution in [0.25, 0.3) is 5.69 Å². The molecule has 3 rings (SSSR count). The zero-order valence-electron chi connectivity index (χ0n) is 14.5. The van der Waals surface area contributed by atoms with Gasteiger partial charge in [0.05, 0.1) is 17.8 Å². The molecule has 8 heteroatoms. The minimum atomic E-state index is -0.172. The van der Waals surface area contributed by atoms with Crippen molar-refractivity contribution in [2.24, 2.45) is 5.92 Å². The number of carbonyl (C=O) groups is 2. The first-order valence-electron chi connectivity index (χ1n) is 8.16. The van der Waals surface area contributed by atoms with Gasteiger partial charge in [-0.25, -0.2) is 9.67 Å². The second kappa shape index (κ2) is 7.92. The van der Waals surface area contributed by atoms with Crippen LogP contribution in [0.3, 0.4) is 0 Å². The van der Waals surface area contributed by atoms with E-state index < -0.39 is 0 Å². The van der Waals surface area contributed by atoms with Gasteiger partial charge in [-0.05, 0) is 24.3 Å². The number of nitrogens with one attached hydrogen (secondary N) is 2. The smallest absolute Gasteiger partial charge is 0.230 e. The lowest BCUT2D eigenvalue weighted by Gasteiger charge is -2.07. The van der Waals surface area contributed by atoms with Gasteiger partial charge in [0, 0.05) is 29.4 Å². The first kappa shape index (κ1) is 17.8. The number of thiazole rings is 1. The summed E-state index contributed by atoms with van der Waals surface area (Å²) in [7, 11) is 0. The van der Waals surface area contributed by atoms with Crippen molar-refractivity contribution in [3.63, 3.8) is 0 Å². The minimum absolute atomic E-state index is 0.0919. The van der Waals surface area contributed by atoms with Crippen LogP contribution in [0.5, 0.6) is 0 Å². The van der Waals surface area contributed by atoms with Gasteiger partial charge in [0.15, 0.2) is 5.13 Å². The van der Waals surface area contributed by atoms with Crippen molar-refractivity contribution in [1.82, 2.24) is 14.8 Å². The molecule has 0 aliphatic carbocycles. The van der Waals surface area contributed by atoms with Gasteiger partial charge in [-0.15, -0.1) is 11.3 Å². The third kappa shape index (κ3) is 4.54. The van der Waals surface area contributed by atoms with E-state index in [0.717, 1.165) is 5.69 Å². The summed E-state index contributed by atoms with van der Waals surface area (Å²) in [6.45, 7) is 3.63. The number of nitrogens with zero attached hydrogens (tertiary/aromatic N) is 3. The third-order valence-electron chi connectivity index (χ3n) is 3.55. The van der Waals surface area contributed by atoms with Crippen molar-refractivity contribution < 1.29 is 9.59 Å². The van der Waals surface area contributed by atoms with E-state index in [4.69, 9.17) is 0 Å². The van der Waals surface area contributed by atoms with E-state index in [-0.39, 0.29) is 24.2 Å². The van der Waals surface area contributed by atoms with E-state index >= 15 is 0 Å². The number of hydrogen-bond donors (Lipinski definition) is 2. The van der Waals surface area contributed by atoms with Gasteiger partial charge in [0.1, 0.15) is 0 Å². The van der Waals surface area contributed by atoms with Crippen LogP contribution in [0.4, 0.5) is 10.8 Å². The molecule has 2 amide bonds. The summed E-state index contributed by atoms with van der Waals surface area (Å²) in [5.74, 6) is -0.381. The first-order chi connectivity index (χ1) is 12.5. The number of aromatic nitrogens is 3. The van der Waals surface area contributed by atoms with E-state index in [1.54, 1.807) is 16.3 Å². The fourth-order valence-corrected chi connectivity index (χ4v) is 2.93. The van der Waals surface area contributed by atoms with Gasteiger partial charge in [-0.3, -0.25) is 9.59 Å². The van der Waals surface area contributed by atoms with Crippen LogP contribution in [0, 0.1) is 5.92 Å². The number of rotatable bonds is 6. The third-order valence-corrected chi connectivity index (χ3v) is 4.35. The SMILES string of the molecule is CC(C)C(=O)Nc1nc(CC(=O)Nc2cccc(-n3cccn3)c2)cs1. The van der Waals surface area contributed by atoms with Gasteiger partial charge >= 0.3 is 0 Å². The largest absolute Gasteiger partial charge is 0.326 e. The molecule has 0 saturated carbocycles. The van der Waals surface area contributed by atoms with E-state index in [1.807, 2.05) is 50.4 Å². The average Bonchev–Trinajstić information content (AvgIpc) is 3.27. The Morgan fingerprint density at radius 1 is 1.23 bits per heavy atom. The molecule has 2 N–H and O–H groups in total. The molecule has 0 atom stereocenters. The zero-order valence-corrected chi connectivity index (χ0v) is 15.3. The highest BCUT2D eigenvalue weighted by Crippen LogP contribution is 2.18. The van der Waals surface area contributed by atoms with E-state index in [2.05, 4.69) is 20.7 Å². The number of anilines is 2. The molecular formula is C18H19N5O2S. The normalized spacial score (nSPS) is 10.7. The Morgan fingerprint density at radius 3 is 2.81 bits per heavy atom. The maximum absolute atomic E-state index is 12.3. The maximum atomic E-state index is 12.3. The summed E-state index contributed by atoms with van der Waals surface area (Å²) in [6.07, 6.45) is 3.67. The Kier molecular flexibility index (Phi) is 5.43. The minimum Gasteiger partial charge on any atom is -0.326 e. The number of carbonyl (C=O) groups excluding carboxylic acids is 2.